The van der Waals surface area contributed by atoms with Crippen LogP contribution in [-0.4, -0.2) is 74.0 Å². The number of ketones is 1. The average molecular weight is 913 g/mol. The van der Waals surface area contributed by atoms with Crippen LogP contribution in [0.25, 0.3) is 0 Å². The molecular weight excluding hydrogens is 821 g/mol. The zero-order valence-corrected chi connectivity index (χ0v) is 45.3. The highest BCUT2D eigenvalue weighted by molar-refractivity contribution is 6.77. The van der Waals surface area contributed by atoms with Crippen LogP contribution in [0.2, 0.25) is 34.8 Å². The lowest BCUT2D eigenvalue weighted by Gasteiger charge is -2.44. The summed E-state index contributed by atoms with van der Waals surface area (Å²) in [5.41, 5.74) is 4.56. The first-order chi connectivity index (χ1) is 29.3. The van der Waals surface area contributed by atoms with Gasteiger partial charge in [0.05, 0.1) is 18.1 Å². The molecule has 8 atom stereocenters. The summed E-state index contributed by atoms with van der Waals surface area (Å²) >= 11 is 0. The largest absolute Gasteiger partial charge is 0.508 e. The van der Waals surface area contributed by atoms with E-state index in [1.807, 2.05) is 19.1 Å². The lowest BCUT2D eigenvalue weighted by molar-refractivity contribution is -0.130. The molecule has 0 fully saturated rings. The van der Waals surface area contributed by atoms with Gasteiger partial charge in [-0.3, -0.25) is 4.79 Å². The summed E-state index contributed by atoms with van der Waals surface area (Å²) in [6.45, 7) is 44.1. The smallest absolute Gasteiger partial charge is 0.430 e. The normalized spacial score (nSPS) is 21.0. The van der Waals surface area contributed by atoms with E-state index in [2.05, 4.69) is 166 Å². The molecular formula is C53H92O8Si2. The quantitative estimate of drug-likeness (QED) is 0.0348. The molecule has 8 nitrogen and oxygen atoms in total. The first-order valence-electron chi connectivity index (χ1n) is 23.8. The molecule has 0 amide bonds. The third-order valence-electron chi connectivity index (χ3n) is 13.3. The number of carbonyl (C=O) groups is 2. The van der Waals surface area contributed by atoms with Crippen molar-refractivity contribution >= 4 is 28.6 Å². The Morgan fingerprint density at radius 2 is 1.49 bits per heavy atom. The predicted octanol–water partition coefficient (Wildman–Crippen LogP) is 14.7. The molecule has 1 heterocycles. The second kappa shape index (κ2) is 27.8. The van der Waals surface area contributed by atoms with Gasteiger partial charge in [-0.15, -0.1) is 0 Å². The Labute approximate surface area is 388 Å². The maximum Gasteiger partial charge on any atom is 0.508 e. The Kier molecular flexibility index (Phi) is 25.7. The molecule has 0 spiro atoms. The first-order valence-corrected chi connectivity index (χ1v) is 28.8. The van der Waals surface area contributed by atoms with E-state index < -0.39 is 34.6 Å². The summed E-state index contributed by atoms with van der Waals surface area (Å²) in [6, 6.07) is 0. The number of hydrogen-bond acceptors (Lipinski definition) is 8. The van der Waals surface area contributed by atoms with Crippen LogP contribution in [0.1, 0.15) is 130 Å². The summed E-state index contributed by atoms with van der Waals surface area (Å²) in [5.74, 6) is -0.0752. The zero-order chi connectivity index (χ0) is 48.3. The molecule has 1 unspecified atom stereocenters. The predicted molar refractivity (Wildman–Crippen MR) is 270 cm³/mol. The van der Waals surface area contributed by atoms with E-state index in [4.69, 9.17) is 27.8 Å². The van der Waals surface area contributed by atoms with E-state index in [0.29, 0.717) is 35.6 Å². The molecule has 0 saturated carbocycles. The molecule has 0 bridgehead atoms. The van der Waals surface area contributed by atoms with Crippen molar-refractivity contribution in [3.05, 3.63) is 84.1 Å². The Bertz CT molecular complexity index is 1570. The number of allylic oxidation sites excluding steroid dienone is 7. The lowest BCUT2D eigenvalue weighted by atomic mass is 9.82. The Balaban J connectivity index is 3.56. The van der Waals surface area contributed by atoms with Crippen LogP contribution in [0.3, 0.4) is 0 Å². The number of rotatable bonds is 27. The maximum atomic E-state index is 15.1. The molecule has 0 radical (unpaired) electrons. The molecule has 1 rings (SSSR count). The minimum absolute atomic E-state index is 0.0131. The van der Waals surface area contributed by atoms with Crippen LogP contribution in [0.15, 0.2) is 84.1 Å². The summed E-state index contributed by atoms with van der Waals surface area (Å²) in [4.78, 5) is 27.1. The highest BCUT2D eigenvalue weighted by atomic mass is 28.4. The van der Waals surface area contributed by atoms with Crippen molar-refractivity contribution in [3.63, 3.8) is 0 Å². The van der Waals surface area contributed by atoms with Gasteiger partial charge in [-0.05, 0) is 91.9 Å². The van der Waals surface area contributed by atoms with Crippen molar-refractivity contribution in [1.82, 2.24) is 0 Å². The molecule has 1 aliphatic heterocycles. The average Bonchev–Trinajstić information content (AvgIpc) is 3.19. The summed E-state index contributed by atoms with van der Waals surface area (Å²) in [6.07, 6.45) is 21.9. The Hall–Kier alpha value is -2.61. The van der Waals surface area contributed by atoms with Crippen LogP contribution in [0.5, 0.6) is 0 Å². The number of methoxy groups -OCH3 is 1. The molecule has 0 aromatic heterocycles. The fraction of sp³-hybridized carbons (Fsp3) is 0.698. The van der Waals surface area contributed by atoms with Gasteiger partial charge in [0.15, 0.2) is 22.9 Å². The highest BCUT2D eigenvalue weighted by Gasteiger charge is 2.47. The van der Waals surface area contributed by atoms with Crippen molar-refractivity contribution in [2.75, 3.05) is 26.9 Å². The zero-order valence-electron chi connectivity index (χ0n) is 43.3. The van der Waals surface area contributed by atoms with Crippen LogP contribution < -0.4 is 0 Å². The van der Waals surface area contributed by atoms with Gasteiger partial charge in [-0.25, -0.2) is 4.79 Å². The Morgan fingerprint density at radius 1 is 0.889 bits per heavy atom. The molecule has 360 valence electrons. The van der Waals surface area contributed by atoms with Gasteiger partial charge in [0.1, 0.15) is 19.0 Å². The molecule has 10 heteroatoms. The number of hydrogen-bond donors (Lipinski definition) is 0. The van der Waals surface area contributed by atoms with Crippen molar-refractivity contribution in [2.45, 2.75) is 183 Å². The number of ether oxygens (including phenoxy) is 4. The van der Waals surface area contributed by atoms with E-state index in [0.717, 1.165) is 24.0 Å². The van der Waals surface area contributed by atoms with E-state index in [1.54, 1.807) is 7.11 Å². The topological polar surface area (TPSA) is 89.5 Å². The van der Waals surface area contributed by atoms with Crippen molar-refractivity contribution in [3.8, 4) is 0 Å². The van der Waals surface area contributed by atoms with Crippen molar-refractivity contribution in [2.24, 2.45) is 29.6 Å². The van der Waals surface area contributed by atoms with Gasteiger partial charge in [0.25, 0.3) is 0 Å². The molecule has 0 aliphatic carbocycles. The van der Waals surface area contributed by atoms with Gasteiger partial charge in [-0.1, -0.05) is 169 Å². The molecule has 0 aromatic rings. The molecule has 1 aliphatic rings. The fourth-order valence-electron chi connectivity index (χ4n) is 8.64. The molecule has 0 aromatic carbocycles. The van der Waals surface area contributed by atoms with Gasteiger partial charge in [-0.2, -0.15) is 0 Å². The number of carbonyl (C=O) groups excluding carboxylic acids is 2. The highest BCUT2D eigenvalue weighted by Crippen LogP contribution is 2.44. The van der Waals surface area contributed by atoms with Crippen LogP contribution in [0, 0.1) is 29.6 Å². The SMILES string of the molecule is C=CCOC(=O)OC/C=C(\C)C[C@H](C)[C@@H](O[Si](C)(C)C(C)(C)C)[C@H](C)C(=O)[C@@H](/C=C(C)/C=C/C[C@@H](C)/C=C(\C=C\[C@@H]1OC(OC)C=C[C@@H]1C)CC)CO[Si](C(C)C)(C(C)C)C(C)C. The van der Waals surface area contributed by atoms with E-state index >= 15 is 4.79 Å². The minimum Gasteiger partial charge on any atom is -0.430 e. The third kappa shape index (κ3) is 19.0. The van der Waals surface area contributed by atoms with Crippen LogP contribution in [0.4, 0.5) is 4.79 Å². The standard InChI is InChI=1S/C53H92O8Si2/c1-21-31-57-52(55)58-32-30-42(11)33-44(13)51(61-62(19,20)53(15,16)17)45(14)50(54)47(36-59-63(37(3)4,38(5)6)39(7)8)35-41(10)25-23-24-40(9)34-46(22-2)27-28-48-43(12)26-29-49(56-18)60-48/h21,23,25-30,34-35,37-40,43-45,47-49,51H,1,22,24,31-33,36H2,2-20H3/b25-23+,28-27+,41-35+,42-30+,46-34-/t40-,43+,44+,45-,47+,48+,49?,51-/m1/s1. The van der Waals surface area contributed by atoms with Gasteiger partial charge < -0.3 is 27.8 Å². The van der Waals surface area contributed by atoms with Gasteiger partial charge in [0.2, 0.25) is 0 Å². The van der Waals surface area contributed by atoms with Crippen molar-refractivity contribution < 1.29 is 37.4 Å². The lowest BCUT2D eigenvalue weighted by Crippen LogP contribution is -2.51. The van der Waals surface area contributed by atoms with Crippen LogP contribution in [-0.2, 0) is 32.6 Å². The van der Waals surface area contributed by atoms with E-state index in [1.165, 1.54) is 11.6 Å². The second-order valence-corrected chi connectivity index (χ2v) is 30.8. The van der Waals surface area contributed by atoms with Crippen molar-refractivity contribution in [1.29, 1.82) is 0 Å². The van der Waals surface area contributed by atoms with Gasteiger partial charge in [0, 0.05) is 25.6 Å². The second-order valence-electron chi connectivity index (χ2n) is 20.6. The molecule has 63 heavy (non-hydrogen) atoms. The summed E-state index contributed by atoms with van der Waals surface area (Å²) in [5, 5.41) is -0.0484. The van der Waals surface area contributed by atoms with Gasteiger partial charge >= 0.3 is 6.16 Å². The molecule has 0 saturated heterocycles. The van der Waals surface area contributed by atoms with E-state index in [-0.39, 0.29) is 54.4 Å². The molecule has 0 N–H and O–H groups in total. The monoisotopic (exact) mass is 913 g/mol. The summed E-state index contributed by atoms with van der Waals surface area (Å²) < 4.78 is 36.1. The third-order valence-corrected chi connectivity index (χ3v) is 23.8. The fourth-order valence-corrected chi connectivity index (χ4v) is 15.6. The Morgan fingerprint density at radius 3 is 2.03 bits per heavy atom. The minimum atomic E-state index is -2.31. The number of Topliss-reactive ketones (excluding diaryl/α,β-unsaturated/α-hetero) is 1. The summed E-state index contributed by atoms with van der Waals surface area (Å²) in [7, 11) is -2.92. The van der Waals surface area contributed by atoms with Crippen LogP contribution >= 0.6 is 0 Å². The maximum absolute atomic E-state index is 15.1. The van der Waals surface area contributed by atoms with E-state index in [9.17, 15) is 4.79 Å². The first kappa shape index (κ1) is 58.4.